The Bertz CT molecular complexity index is 62.3. The van der Waals surface area contributed by atoms with Crippen molar-refractivity contribution < 1.29 is 5.11 Å². The number of hydrogen-bond acceptors (Lipinski definition) is 1. The Morgan fingerprint density at radius 3 is 1.14 bits per heavy atom. The summed E-state index contributed by atoms with van der Waals surface area (Å²) >= 11 is 14.4. The van der Waals surface area contributed by atoms with E-state index in [-0.39, 0.29) is 6.10 Å². The van der Waals surface area contributed by atoms with Crippen LogP contribution in [0.5, 0.6) is 0 Å². The lowest BCUT2D eigenvalue weighted by Crippen LogP contribution is -1.85. The topological polar surface area (TPSA) is 20.2 Å². The van der Waals surface area contributed by atoms with Crippen LogP contribution in [0.1, 0.15) is 53.4 Å². The molecule has 1 nitrogen and oxygen atoms in total. The van der Waals surface area contributed by atoms with E-state index in [1.807, 2.05) is 0 Å². The van der Waals surface area contributed by atoms with Gasteiger partial charge in [0.1, 0.15) is 0 Å². The van der Waals surface area contributed by atoms with Gasteiger partial charge in [-0.2, -0.15) is 0 Å². The fraction of sp³-hybridized carbons (Fsp3) is 1.00. The molecule has 0 heterocycles. The second-order valence-electron chi connectivity index (χ2n) is 3.05. The standard InChI is InChI=1S/C6H14.C3H8O.CHCl3/c1-3-5-6-4-2;1-3(2)4;2-1(3)4/h3-6H2,1-2H3;3-4H,1-2H3;1H. The summed E-state index contributed by atoms with van der Waals surface area (Å²) in [5.74, 6) is 0. The molecule has 0 spiro atoms. The second-order valence-corrected chi connectivity index (χ2v) is 5.03. The van der Waals surface area contributed by atoms with Gasteiger partial charge in [0.2, 0.25) is 0 Å². The van der Waals surface area contributed by atoms with E-state index in [0.717, 1.165) is 0 Å². The highest BCUT2D eigenvalue weighted by atomic mass is 35.6. The zero-order chi connectivity index (χ0) is 12.0. The highest BCUT2D eigenvalue weighted by molar-refractivity contribution is 6.63. The molecule has 0 unspecified atom stereocenters. The van der Waals surface area contributed by atoms with Crippen LogP contribution in [0.2, 0.25) is 0 Å². The molecule has 90 valence electrons. The third kappa shape index (κ3) is 122. The first-order valence-electron chi connectivity index (χ1n) is 4.98. The lowest BCUT2D eigenvalue weighted by Gasteiger charge is -1.86. The Hall–Kier alpha value is 0.830. The maximum atomic E-state index is 8.06. The smallest absolute Gasteiger partial charge is 0.180 e. The van der Waals surface area contributed by atoms with E-state index in [1.54, 1.807) is 13.8 Å². The normalized spacial score (nSPS) is 9.00. The summed E-state index contributed by atoms with van der Waals surface area (Å²) < 4.78 is -0.750. The first-order chi connectivity index (χ1) is 6.38. The van der Waals surface area contributed by atoms with E-state index in [1.165, 1.54) is 25.7 Å². The molecule has 0 aliphatic carbocycles. The fourth-order valence-corrected chi connectivity index (χ4v) is 0.500. The summed E-state index contributed by atoms with van der Waals surface area (Å²) in [5, 5.41) is 8.06. The number of hydrogen-bond donors (Lipinski definition) is 1. The van der Waals surface area contributed by atoms with Crippen LogP contribution >= 0.6 is 34.8 Å². The van der Waals surface area contributed by atoms with Crippen LogP contribution in [0.25, 0.3) is 0 Å². The Morgan fingerprint density at radius 2 is 1.07 bits per heavy atom. The van der Waals surface area contributed by atoms with E-state index >= 15 is 0 Å². The van der Waals surface area contributed by atoms with Crippen molar-refractivity contribution in [3.63, 3.8) is 0 Å². The maximum absolute atomic E-state index is 8.06. The summed E-state index contributed by atoms with van der Waals surface area (Å²) in [6.07, 6.45) is 5.37. The molecule has 0 saturated heterocycles. The molecular weight excluding hydrogens is 242 g/mol. The fourth-order valence-electron chi connectivity index (χ4n) is 0.500. The quantitative estimate of drug-likeness (QED) is 0.565. The predicted molar refractivity (Wildman–Crippen MR) is 68.5 cm³/mol. The molecule has 0 amide bonds. The number of halogens is 3. The van der Waals surface area contributed by atoms with Gasteiger partial charge in [-0.3, -0.25) is 0 Å². The number of aliphatic hydroxyl groups excluding tert-OH is 1. The maximum Gasteiger partial charge on any atom is 0.180 e. The van der Waals surface area contributed by atoms with E-state index in [2.05, 4.69) is 13.8 Å². The lowest BCUT2D eigenvalue weighted by molar-refractivity contribution is 0.216. The van der Waals surface area contributed by atoms with Gasteiger partial charge in [-0.1, -0.05) is 74.3 Å². The van der Waals surface area contributed by atoms with Crippen LogP contribution in [0.15, 0.2) is 0 Å². The molecule has 0 aromatic heterocycles. The highest BCUT2D eigenvalue weighted by Gasteiger charge is 1.79. The highest BCUT2D eigenvalue weighted by Crippen LogP contribution is 2.03. The largest absolute Gasteiger partial charge is 0.394 e. The predicted octanol–water partition coefficient (Wildman–Crippen LogP) is 4.96. The number of alkyl halides is 3. The Labute approximate surface area is 104 Å². The van der Waals surface area contributed by atoms with E-state index in [0.29, 0.717) is 0 Å². The second kappa shape index (κ2) is 19.4. The molecule has 0 aliphatic rings. The molecule has 0 fully saturated rings. The van der Waals surface area contributed by atoms with Gasteiger partial charge in [0, 0.05) is 6.10 Å². The molecular formula is C10H23Cl3O. The Morgan fingerprint density at radius 1 is 0.929 bits per heavy atom. The molecule has 0 bridgehead atoms. The van der Waals surface area contributed by atoms with Gasteiger partial charge in [-0.05, 0) is 13.8 Å². The van der Waals surface area contributed by atoms with Crippen molar-refractivity contribution in [1.82, 2.24) is 0 Å². The third-order valence-electron chi connectivity index (χ3n) is 0.957. The number of unbranched alkanes of at least 4 members (excludes halogenated alkanes) is 3. The lowest BCUT2D eigenvalue weighted by atomic mass is 10.2. The molecule has 0 aliphatic heterocycles. The number of aliphatic hydroxyl groups is 1. The van der Waals surface area contributed by atoms with Gasteiger partial charge in [-0.25, -0.2) is 0 Å². The van der Waals surface area contributed by atoms with Gasteiger partial charge in [-0.15, -0.1) is 0 Å². The van der Waals surface area contributed by atoms with Crippen LogP contribution < -0.4 is 0 Å². The average molecular weight is 266 g/mol. The summed E-state index contributed by atoms with van der Waals surface area (Å²) in [4.78, 5) is 0. The minimum absolute atomic E-state index is 0.167. The zero-order valence-electron chi connectivity index (χ0n) is 9.56. The van der Waals surface area contributed by atoms with Gasteiger partial charge < -0.3 is 5.11 Å². The first kappa shape index (κ1) is 20.3. The summed E-state index contributed by atoms with van der Waals surface area (Å²) in [6.45, 7) is 7.91. The van der Waals surface area contributed by atoms with Crippen LogP contribution in [0.4, 0.5) is 0 Å². The van der Waals surface area contributed by atoms with Gasteiger partial charge >= 0.3 is 0 Å². The molecule has 0 radical (unpaired) electrons. The van der Waals surface area contributed by atoms with Crippen molar-refractivity contribution >= 4 is 34.8 Å². The summed E-state index contributed by atoms with van der Waals surface area (Å²) in [5.41, 5.74) is 0. The summed E-state index contributed by atoms with van der Waals surface area (Å²) in [6, 6.07) is 0. The molecule has 0 saturated carbocycles. The van der Waals surface area contributed by atoms with Crippen LogP contribution in [-0.4, -0.2) is 15.5 Å². The van der Waals surface area contributed by atoms with Crippen molar-refractivity contribution in [2.75, 3.05) is 0 Å². The molecule has 0 atom stereocenters. The van der Waals surface area contributed by atoms with Crippen LogP contribution in [0, 0.1) is 0 Å². The summed E-state index contributed by atoms with van der Waals surface area (Å²) in [7, 11) is 0. The molecule has 1 N–H and O–H groups in total. The molecule has 0 aromatic carbocycles. The van der Waals surface area contributed by atoms with E-state index in [9.17, 15) is 0 Å². The van der Waals surface area contributed by atoms with Gasteiger partial charge in [0.25, 0.3) is 0 Å². The van der Waals surface area contributed by atoms with Gasteiger partial charge in [0.05, 0.1) is 0 Å². The monoisotopic (exact) mass is 264 g/mol. The number of rotatable bonds is 3. The Kier molecular flexibility index (Phi) is 28.1. The van der Waals surface area contributed by atoms with Crippen molar-refractivity contribution in [1.29, 1.82) is 0 Å². The zero-order valence-corrected chi connectivity index (χ0v) is 11.8. The minimum Gasteiger partial charge on any atom is -0.394 e. The van der Waals surface area contributed by atoms with Crippen molar-refractivity contribution in [2.24, 2.45) is 0 Å². The molecule has 4 heteroatoms. The minimum atomic E-state index is -0.750. The van der Waals surface area contributed by atoms with Crippen molar-refractivity contribution in [3.8, 4) is 0 Å². The van der Waals surface area contributed by atoms with Crippen molar-refractivity contribution in [3.05, 3.63) is 0 Å². The molecule has 14 heavy (non-hydrogen) atoms. The van der Waals surface area contributed by atoms with E-state index in [4.69, 9.17) is 39.9 Å². The average Bonchev–Trinajstić information content (AvgIpc) is 1.98. The van der Waals surface area contributed by atoms with Crippen LogP contribution in [0.3, 0.4) is 0 Å². The third-order valence-corrected chi connectivity index (χ3v) is 0.957. The SMILES string of the molecule is CC(C)O.CCCCCC.ClC(Cl)Cl. The molecule has 0 rings (SSSR count). The first-order valence-corrected chi connectivity index (χ1v) is 6.29. The van der Waals surface area contributed by atoms with Crippen LogP contribution in [-0.2, 0) is 0 Å². The van der Waals surface area contributed by atoms with E-state index < -0.39 is 4.30 Å². The Balaban J connectivity index is -0.000000135. The molecule has 0 aromatic rings. The van der Waals surface area contributed by atoms with Gasteiger partial charge in [0.15, 0.2) is 4.30 Å². The van der Waals surface area contributed by atoms with Crippen molar-refractivity contribution in [2.45, 2.75) is 63.8 Å².